The second kappa shape index (κ2) is 15.1. The fraction of sp³-hybridized carbons (Fsp3) is 0.771. The zero-order valence-corrected chi connectivity index (χ0v) is 37.3. The fourth-order valence-electron chi connectivity index (χ4n) is 15.4. The van der Waals surface area contributed by atoms with E-state index in [9.17, 15) is 18.3 Å². The number of hydrogen-bond acceptors (Lipinski definition) is 8. The number of carbonyl (C=O) groups is 1. The SMILES string of the molecule is C=C(C)[C@@H]1CC[C@]2(NCCN3CCS(=O)(=O)CC3)CC[C@]3(C)[C@H](CC[C@@H]4[C@@]5(C)CC=C(C6=CCC(CCOc7cnccn7)(C(=O)O)CC6)C(C)(C)[C@@H]5CC[C@]43C)[C@@H]12. The molecule has 1 aliphatic heterocycles. The van der Waals surface area contributed by atoms with Gasteiger partial charge in [0.25, 0.3) is 0 Å². The van der Waals surface area contributed by atoms with E-state index in [0.29, 0.717) is 85.9 Å². The summed E-state index contributed by atoms with van der Waals surface area (Å²) in [6.07, 6.45) is 23.2. The van der Waals surface area contributed by atoms with Gasteiger partial charge in [0.15, 0.2) is 9.84 Å². The molecule has 2 heterocycles. The van der Waals surface area contributed by atoms with Gasteiger partial charge >= 0.3 is 5.97 Å². The lowest BCUT2D eigenvalue weighted by molar-refractivity contribution is -0.221. The molecule has 0 spiro atoms. The molecular formula is C48H72N4O5S. The third-order valence-corrected chi connectivity index (χ3v) is 20.4. The number of nitrogens with zero attached hydrogens (tertiary/aromatic N) is 3. The zero-order chi connectivity index (χ0) is 41.4. The molecule has 1 aromatic rings. The number of ether oxygens (including phenoxy) is 1. The van der Waals surface area contributed by atoms with Crippen molar-refractivity contribution in [1.29, 1.82) is 0 Å². The van der Waals surface area contributed by atoms with Crippen LogP contribution in [0.1, 0.15) is 125 Å². The molecule has 58 heavy (non-hydrogen) atoms. The fourth-order valence-corrected chi connectivity index (χ4v) is 16.7. The summed E-state index contributed by atoms with van der Waals surface area (Å²) in [5.41, 5.74) is 4.27. The molecule has 0 bridgehead atoms. The third kappa shape index (κ3) is 6.85. The molecule has 2 N–H and O–H groups in total. The van der Waals surface area contributed by atoms with Gasteiger partial charge in [-0.2, -0.15) is 0 Å². The second-order valence-corrected chi connectivity index (χ2v) is 23.8. The van der Waals surface area contributed by atoms with Gasteiger partial charge < -0.3 is 20.1 Å². The summed E-state index contributed by atoms with van der Waals surface area (Å²) in [4.78, 5) is 23.4. The first-order valence-corrected chi connectivity index (χ1v) is 24.6. The highest BCUT2D eigenvalue weighted by atomic mass is 32.2. The predicted octanol–water partition coefficient (Wildman–Crippen LogP) is 8.69. The van der Waals surface area contributed by atoms with E-state index < -0.39 is 21.2 Å². The number of nitrogens with one attached hydrogen (secondary N) is 1. The van der Waals surface area contributed by atoms with Crippen LogP contribution in [0.2, 0.25) is 0 Å². The minimum atomic E-state index is -2.87. The first kappa shape index (κ1) is 42.1. The summed E-state index contributed by atoms with van der Waals surface area (Å²) in [6, 6.07) is 0. The van der Waals surface area contributed by atoms with E-state index in [1.54, 1.807) is 18.6 Å². The Kier molecular flexibility index (Phi) is 11.0. The van der Waals surface area contributed by atoms with Crippen molar-refractivity contribution in [3.63, 3.8) is 0 Å². The summed E-state index contributed by atoms with van der Waals surface area (Å²) in [7, 11) is -2.87. The van der Waals surface area contributed by atoms with Crippen molar-refractivity contribution in [2.24, 2.45) is 56.7 Å². The van der Waals surface area contributed by atoms with Gasteiger partial charge in [-0.05, 0) is 153 Å². The smallest absolute Gasteiger partial charge is 0.310 e. The lowest BCUT2D eigenvalue weighted by atomic mass is 9.33. The number of rotatable bonds is 11. The lowest BCUT2D eigenvalue weighted by Crippen LogP contribution is -2.68. The number of aliphatic carboxylic acids is 1. The summed E-state index contributed by atoms with van der Waals surface area (Å²) < 4.78 is 30.0. The standard InChI is InChI=1S/C48H72N4O5S/c1-33(2)35-12-19-48(51-25-26-52-27-30-58(55,56)31-28-52)21-20-45(6)37(41(35)48)8-9-39-44(5)15-13-36(43(3,4)38(44)14-16-46(39,45)7)34-10-17-47(18-11-34,42(53)54)22-29-57-40-32-49-23-24-50-40/h10,13,23-24,32,35,37-39,41,51H,1,8-9,11-12,14-22,25-31H2,2-7H3,(H,53,54)/t35-,37+,38-,39+,41+,44-,45+,46+,47?,48-/m0/s1. The Labute approximate surface area is 349 Å². The van der Waals surface area contributed by atoms with Crippen molar-refractivity contribution >= 4 is 15.8 Å². The highest BCUT2D eigenvalue weighted by Crippen LogP contribution is 2.76. The van der Waals surface area contributed by atoms with Crippen molar-refractivity contribution in [2.75, 3.05) is 44.3 Å². The van der Waals surface area contributed by atoms with Gasteiger partial charge in [-0.25, -0.2) is 13.4 Å². The molecule has 5 fully saturated rings. The molecule has 10 heteroatoms. The van der Waals surface area contributed by atoms with Crippen molar-refractivity contribution in [3.05, 3.63) is 54.0 Å². The minimum absolute atomic E-state index is 0.0108. The number of allylic oxidation sites excluding steroid dienone is 5. The molecule has 8 rings (SSSR count). The highest BCUT2D eigenvalue weighted by molar-refractivity contribution is 7.91. The molecular weight excluding hydrogens is 745 g/mol. The lowest BCUT2D eigenvalue weighted by Gasteiger charge is -2.72. The predicted molar refractivity (Wildman–Crippen MR) is 230 cm³/mol. The average Bonchev–Trinajstić information content (AvgIpc) is 3.56. The van der Waals surface area contributed by atoms with Crippen LogP contribution in [0.25, 0.3) is 0 Å². The minimum Gasteiger partial charge on any atom is -0.481 e. The maximum absolute atomic E-state index is 12.7. The third-order valence-electron chi connectivity index (χ3n) is 18.8. The van der Waals surface area contributed by atoms with Gasteiger partial charge in [-0.15, -0.1) is 0 Å². The largest absolute Gasteiger partial charge is 0.481 e. The highest BCUT2D eigenvalue weighted by Gasteiger charge is 2.70. The van der Waals surface area contributed by atoms with E-state index in [-0.39, 0.29) is 27.2 Å². The van der Waals surface area contributed by atoms with Gasteiger partial charge in [-0.3, -0.25) is 9.78 Å². The second-order valence-electron chi connectivity index (χ2n) is 21.5. The number of fused-ring (bicyclic) bond motifs is 7. The molecule has 7 aliphatic rings. The number of hydrogen-bond donors (Lipinski definition) is 2. The number of carboxylic acids is 1. The Bertz CT molecular complexity index is 1920. The number of aromatic nitrogens is 2. The number of carboxylic acid groups (broad SMARTS) is 1. The Balaban J connectivity index is 0.995. The number of sulfone groups is 1. The van der Waals surface area contributed by atoms with Gasteiger partial charge in [0, 0.05) is 44.1 Å². The molecule has 0 aromatic carbocycles. The maximum Gasteiger partial charge on any atom is 0.310 e. The molecule has 320 valence electrons. The molecule has 9 nitrogen and oxygen atoms in total. The molecule has 0 amide bonds. The monoisotopic (exact) mass is 817 g/mol. The molecule has 6 aliphatic carbocycles. The van der Waals surface area contributed by atoms with Crippen LogP contribution in [0.4, 0.5) is 0 Å². The van der Waals surface area contributed by atoms with Crippen LogP contribution in [0.15, 0.2) is 54.0 Å². The molecule has 4 saturated carbocycles. The van der Waals surface area contributed by atoms with Crippen LogP contribution in [-0.4, -0.2) is 84.2 Å². The van der Waals surface area contributed by atoms with E-state index in [2.05, 4.69) is 80.5 Å². The van der Waals surface area contributed by atoms with E-state index >= 15 is 0 Å². The van der Waals surface area contributed by atoms with E-state index in [0.717, 1.165) is 25.9 Å². The Hall–Kier alpha value is -2.56. The van der Waals surface area contributed by atoms with Crippen molar-refractivity contribution in [2.45, 2.75) is 131 Å². The molecule has 1 saturated heterocycles. The molecule has 1 unspecified atom stereocenters. The van der Waals surface area contributed by atoms with E-state index in [4.69, 9.17) is 4.74 Å². The first-order chi connectivity index (χ1) is 27.4. The van der Waals surface area contributed by atoms with Gasteiger partial charge in [0.05, 0.1) is 29.7 Å². The topological polar surface area (TPSA) is 122 Å². The quantitative estimate of drug-likeness (QED) is 0.211. The van der Waals surface area contributed by atoms with Crippen molar-refractivity contribution in [3.8, 4) is 5.88 Å². The van der Waals surface area contributed by atoms with E-state index in [1.165, 1.54) is 68.1 Å². The Morgan fingerprint density at radius 1 is 0.948 bits per heavy atom. The van der Waals surface area contributed by atoms with Crippen molar-refractivity contribution < 1.29 is 23.1 Å². The van der Waals surface area contributed by atoms with Crippen LogP contribution >= 0.6 is 0 Å². The molecule has 1 aromatic heterocycles. The van der Waals surface area contributed by atoms with Gasteiger partial charge in [0.2, 0.25) is 5.88 Å². The molecule has 0 radical (unpaired) electrons. The van der Waals surface area contributed by atoms with Crippen LogP contribution in [0.5, 0.6) is 5.88 Å². The van der Waals surface area contributed by atoms with Gasteiger partial charge in [-0.1, -0.05) is 58.9 Å². The van der Waals surface area contributed by atoms with Crippen LogP contribution in [-0.2, 0) is 14.6 Å². The van der Waals surface area contributed by atoms with Crippen LogP contribution < -0.4 is 10.1 Å². The zero-order valence-electron chi connectivity index (χ0n) is 36.5. The average molecular weight is 817 g/mol. The summed E-state index contributed by atoms with van der Waals surface area (Å²) >= 11 is 0. The summed E-state index contributed by atoms with van der Waals surface area (Å²) in [6.45, 7) is 23.5. The maximum atomic E-state index is 12.7. The Morgan fingerprint density at radius 2 is 1.72 bits per heavy atom. The Morgan fingerprint density at radius 3 is 2.40 bits per heavy atom. The first-order valence-electron chi connectivity index (χ1n) is 22.8. The van der Waals surface area contributed by atoms with Crippen molar-refractivity contribution in [1.82, 2.24) is 20.2 Å². The normalized spacial score (nSPS) is 41.8. The van der Waals surface area contributed by atoms with Crippen LogP contribution in [0.3, 0.4) is 0 Å². The summed E-state index contributed by atoms with van der Waals surface area (Å²) in [5.74, 6) is 3.34. The molecule has 10 atom stereocenters. The summed E-state index contributed by atoms with van der Waals surface area (Å²) in [5, 5.41) is 14.7. The van der Waals surface area contributed by atoms with Crippen LogP contribution in [0, 0.1) is 56.7 Å². The van der Waals surface area contributed by atoms with Gasteiger partial charge in [0.1, 0.15) is 0 Å². The van der Waals surface area contributed by atoms with E-state index in [1.807, 2.05) is 0 Å².